The number of hydrogen-bond acceptors (Lipinski definition) is 3. The summed E-state index contributed by atoms with van der Waals surface area (Å²) in [6, 6.07) is 7.10. The molecule has 1 rings (SSSR count). The van der Waals surface area contributed by atoms with Gasteiger partial charge < -0.3 is 4.74 Å². The first kappa shape index (κ1) is 13.7. The molecule has 0 radical (unpaired) electrons. The van der Waals surface area contributed by atoms with E-state index in [4.69, 9.17) is 11.6 Å². The summed E-state index contributed by atoms with van der Waals surface area (Å²) >= 11 is 5.79. The monoisotopic (exact) mass is 254 g/mol. The van der Waals surface area contributed by atoms with Crippen molar-refractivity contribution in [3.8, 4) is 0 Å². The molecule has 3 nitrogen and oxygen atoms in total. The van der Waals surface area contributed by atoms with Crippen LogP contribution >= 0.6 is 11.6 Å². The summed E-state index contributed by atoms with van der Waals surface area (Å²) in [5.41, 5.74) is 0.889. The number of Topliss-reactive ketones (excluding diaryl/α,β-unsaturated/α-hetero) is 1. The summed E-state index contributed by atoms with van der Waals surface area (Å²) in [7, 11) is 1.28. The van der Waals surface area contributed by atoms with E-state index in [0.29, 0.717) is 5.02 Å². The van der Waals surface area contributed by atoms with Crippen LogP contribution in [0.25, 0.3) is 0 Å². The largest absolute Gasteiger partial charge is 0.468 e. The number of esters is 1. The van der Waals surface area contributed by atoms with Crippen LogP contribution in [-0.2, 0) is 14.3 Å². The van der Waals surface area contributed by atoms with Gasteiger partial charge in [-0.25, -0.2) is 0 Å². The van der Waals surface area contributed by atoms with Crippen LogP contribution in [0.4, 0.5) is 0 Å². The Labute approximate surface area is 106 Å². The van der Waals surface area contributed by atoms with Gasteiger partial charge in [-0.1, -0.05) is 30.7 Å². The minimum absolute atomic E-state index is 0.195. The maximum Gasteiger partial charge on any atom is 0.316 e. The molecule has 4 heteroatoms. The van der Waals surface area contributed by atoms with Crippen molar-refractivity contribution in [2.75, 3.05) is 7.11 Å². The Balaban J connectivity index is 2.99. The fourth-order valence-corrected chi connectivity index (χ4v) is 1.93. The van der Waals surface area contributed by atoms with Crippen LogP contribution < -0.4 is 0 Å². The first-order chi connectivity index (χ1) is 7.97. The van der Waals surface area contributed by atoms with Gasteiger partial charge in [0, 0.05) is 10.9 Å². The molecule has 2 unspecified atom stereocenters. The van der Waals surface area contributed by atoms with Gasteiger partial charge >= 0.3 is 5.97 Å². The predicted molar refractivity (Wildman–Crippen MR) is 66.1 cm³/mol. The number of carbonyl (C=O) groups excluding carboxylic acids is 2. The van der Waals surface area contributed by atoms with Crippen molar-refractivity contribution in [3.63, 3.8) is 0 Å². The van der Waals surface area contributed by atoms with E-state index in [-0.39, 0.29) is 11.7 Å². The van der Waals surface area contributed by atoms with Gasteiger partial charge in [0.15, 0.2) is 0 Å². The number of ketones is 1. The second-order valence-electron chi connectivity index (χ2n) is 3.95. The predicted octanol–water partition coefficient (Wildman–Crippen LogP) is 2.82. The van der Waals surface area contributed by atoms with E-state index in [1.165, 1.54) is 14.0 Å². The molecule has 1 aromatic carbocycles. The van der Waals surface area contributed by atoms with E-state index in [1.807, 2.05) is 19.1 Å². The molecule has 2 atom stereocenters. The normalized spacial score (nSPS) is 13.9. The lowest BCUT2D eigenvalue weighted by Crippen LogP contribution is -2.28. The van der Waals surface area contributed by atoms with E-state index in [0.717, 1.165) is 5.56 Å². The molecule has 0 aliphatic heterocycles. The average Bonchev–Trinajstić information content (AvgIpc) is 2.29. The molecule has 17 heavy (non-hydrogen) atoms. The van der Waals surface area contributed by atoms with Gasteiger partial charge in [0.25, 0.3) is 0 Å². The average molecular weight is 255 g/mol. The zero-order valence-electron chi connectivity index (χ0n) is 10.1. The van der Waals surface area contributed by atoms with Crippen molar-refractivity contribution in [1.82, 2.24) is 0 Å². The summed E-state index contributed by atoms with van der Waals surface area (Å²) in [4.78, 5) is 23.1. The third-order valence-electron chi connectivity index (χ3n) is 2.79. The van der Waals surface area contributed by atoms with Gasteiger partial charge in [0.1, 0.15) is 11.7 Å². The standard InChI is InChI=1S/C13H15ClO3/c1-8(10-4-6-11(14)7-5-10)12(9(2)15)13(16)17-3/h4-8,12H,1-3H3. The molecule has 0 aromatic heterocycles. The summed E-state index contributed by atoms with van der Waals surface area (Å²) in [6.45, 7) is 3.22. The maximum absolute atomic E-state index is 11.6. The Bertz CT molecular complexity index is 411. The molecule has 92 valence electrons. The van der Waals surface area contributed by atoms with E-state index in [9.17, 15) is 9.59 Å². The molecule has 0 N–H and O–H groups in total. The van der Waals surface area contributed by atoms with E-state index in [2.05, 4.69) is 4.74 Å². The molecule has 0 saturated heterocycles. The third-order valence-corrected chi connectivity index (χ3v) is 3.04. The smallest absolute Gasteiger partial charge is 0.316 e. The number of halogens is 1. The van der Waals surface area contributed by atoms with Crippen LogP contribution in [0, 0.1) is 5.92 Å². The van der Waals surface area contributed by atoms with Crippen LogP contribution in [0.5, 0.6) is 0 Å². The highest BCUT2D eigenvalue weighted by Crippen LogP contribution is 2.27. The molecule has 0 saturated carbocycles. The van der Waals surface area contributed by atoms with Gasteiger partial charge in [-0.2, -0.15) is 0 Å². The molecule has 0 fully saturated rings. The first-order valence-corrected chi connectivity index (χ1v) is 5.69. The number of methoxy groups -OCH3 is 1. The topological polar surface area (TPSA) is 43.4 Å². The first-order valence-electron chi connectivity index (χ1n) is 5.31. The zero-order valence-corrected chi connectivity index (χ0v) is 10.8. The van der Waals surface area contributed by atoms with Gasteiger partial charge in [-0.3, -0.25) is 9.59 Å². The molecule has 0 heterocycles. The van der Waals surface area contributed by atoms with E-state index < -0.39 is 11.9 Å². The van der Waals surface area contributed by atoms with Crippen LogP contribution in [0.15, 0.2) is 24.3 Å². The molecule has 0 bridgehead atoms. The number of hydrogen-bond donors (Lipinski definition) is 0. The zero-order chi connectivity index (χ0) is 13.0. The van der Waals surface area contributed by atoms with Gasteiger partial charge in [-0.15, -0.1) is 0 Å². The number of rotatable bonds is 4. The highest BCUT2D eigenvalue weighted by atomic mass is 35.5. The SMILES string of the molecule is COC(=O)C(C(C)=O)C(C)c1ccc(Cl)cc1. The van der Waals surface area contributed by atoms with E-state index in [1.54, 1.807) is 12.1 Å². The highest BCUT2D eigenvalue weighted by Gasteiger charge is 2.31. The molecular weight excluding hydrogens is 240 g/mol. The lowest BCUT2D eigenvalue weighted by molar-refractivity contribution is -0.149. The fraction of sp³-hybridized carbons (Fsp3) is 0.385. The molecule has 0 aliphatic rings. The van der Waals surface area contributed by atoms with Gasteiger partial charge in [0.05, 0.1) is 7.11 Å². The van der Waals surface area contributed by atoms with Crippen LogP contribution in [-0.4, -0.2) is 18.9 Å². The van der Waals surface area contributed by atoms with Crippen LogP contribution in [0.3, 0.4) is 0 Å². The minimum atomic E-state index is -0.763. The minimum Gasteiger partial charge on any atom is -0.468 e. The second-order valence-corrected chi connectivity index (χ2v) is 4.39. The Hall–Kier alpha value is -1.35. The summed E-state index contributed by atoms with van der Waals surface area (Å²) in [5, 5.41) is 0.624. The van der Waals surface area contributed by atoms with Crippen molar-refractivity contribution in [2.24, 2.45) is 5.92 Å². The quantitative estimate of drug-likeness (QED) is 0.613. The summed E-state index contributed by atoms with van der Waals surface area (Å²) in [6.07, 6.45) is 0. The maximum atomic E-state index is 11.6. The highest BCUT2D eigenvalue weighted by molar-refractivity contribution is 6.30. The fourth-order valence-electron chi connectivity index (χ4n) is 1.81. The number of carbonyl (C=O) groups is 2. The van der Waals surface area contributed by atoms with E-state index >= 15 is 0 Å². The van der Waals surface area contributed by atoms with Crippen LogP contribution in [0.1, 0.15) is 25.3 Å². The summed E-state index contributed by atoms with van der Waals surface area (Å²) in [5.74, 6) is -1.68. The van der Waals surface area contributed by atoms with Crippen molar-refractivity contribution in [2.45, 2.75) is 19.8 Å². The number of benzene rings is 1. The Kier molecular flexibility index (Phi) is 4.70. The van der Waals surface area contributed by atoms with Gasteiger partial charge in [0.2, 0.25) is 0 Å². The Morgan fingerprint density at radius 1 is 1.24 bits per heavy atom. The second kappa shape index (κ2) is 5.82. The Morgan fingerprint density at radius 3 is 2.18 bits per heavy atom. The number of ether oxygens (including phenoxy) is 1. The summed E-state index contributed by atoms with van der Waals surface area (Å²) < 4.78 is 4.65. The Morgan fingerprint density at radius 2 is 1.76 bits per heavy atom. The molecule has 0 aliphatic carbocycles. The lowest BCUT2D eigenvalue weighted by atomic mass is 9.85. The molecule has 0 amide bonds. The van der Waals surface area contributed by atoms with Gasteiger partial charge in [-0.05, 0) is 24.6 Å². The van der Waals surface area contributed by atoms with Crippen LogP contribution in [0.2, 0.25) is 5.02 Å². The molecule has 0 spiro atoms. The van der Waals surface area contributed by atoms with Crippen molar-refractivity contribution < 1.29 is 14.3 Å². The van der Waals surface area contributed by atoms with Crippen molar-refractivity contribution in [1.29, 1.82) is 0 Å². The van der Waals surface area contributed by atoms with Crippen molar-refractivity contribution in [3.05, 3.63) is 34.9 Å². The molecule has 1 aromatic rings. The lowest BCUT2D eigenvalue weighted by Gasteiger charge is -2.19. The molecular formula is C13H15ClO3. The third kappa shape index (κ3) is 3.30. The van der Waals surface area contributed by atoms with Crippen molar-refractivity contribution >= 4 is 23.4 Å².